The minimum atomic E-state index is 0.721. The third kappa shape index (κ3) is 7.29. The zero-order chi connectivity index (χ0) is 20.6. The summed E-state index contributed by atoms with van der Waals surface area (Å²) < 4.78 is 1.10. The van der Waals surface area contributed by atoms with Crippen molar-refractivity contribution in [2.24, 2.45) is 23.7 Å². The molecule has 0 amide bonds. The SMILES string of the molecule is CCCCCCC[N+]1(C)CC(CC(C(C)C)C2NC(CCC)CCC2C)CN1. The third-order valence-electron chi connectivity index (χ3n) is 7.75. The molecule has 166 valence electrons. The molecular weight excluding hydrogens is 342 g/mol. The largest absolute Gasteiger partial charge is 0.311 e. The molecule has 0 aliphatic carbocycles. The highest BCUT2D eigenvalue weighted by Gasteiger charge is 2.40. The Morgan fingerprint density at radius 1 is 1.00 bits per heavy atom. The molecule has 28 heavy (non-hydrogen) atoms. The van der Waals surface area contributed by atoms with Crippen LogP contribution in [0.1, 0.15) is 98.8 Å². The molecule has 0 saturated carbocycles. The van der Waals surface area contributed by atoms with Gasteiger partial charge in [-0.2, -0.15) is 5.43 Å². The molecule has 0 bridgehead atoms. The van der Waals surface area contributed by atoms with Crippen molar-refractivity contribution < 1.29 is 4.59 Å². The summed E-state index contributed by atoms with van der Waals surface area (Å²) in [5.41, 5.74) is 3.88. The molecule has 6 unspecified atom stereocenters. The first-order chi connectivity index (χ1) is 13.4. The van der Waals surface area contributed by atoms with Crippen molar-refractivity contribution in [2.45, 2.75) is 111 Å². The van der Waals surface area contributed by atoms with E-state index >= 15 is 0 Å². The van der Waals surface area contributed by atoms with Gasteiger partial charge in [0.1, 0.15) is 6.54 Å². The van der Waals surface area contributed by atoms with Gasteiger partial charge in [0.15, 0.2) is 0 Å². The van der Waals surface area contributed by atoms with Gasteiger partial charge < -0.3 is 5.32 Å². The number of nitrogens with zero attached hydrogens (tertiary/aromatic N) is 1. The van der Waals surface area contributed by atoms with Crippen LogP contribution in [0.3, 0.4) is 0 Å². The van der Waals surface area contributed by atoms with E-state index in [1.54, 1.807) is 0 Å². The van der Waals surface area contributed by atoms with Crippen molar-refractivity contribution in [3.05, 3.63) is 0 Å². The number of unbranched alkanes of at least 4 members (excludes halogenated alkanes) is 4. The van der Waals surface area contributed by atoms with Crippen LogP contribution in [0, 0.1) is 23.7 Å². The smallest absolute Gasteiger partial charge is 0.100 e. The zero-order valence-electron chi connectivity index (χ0n) is 20.1. The Morgan fingerprint density at radius 2 is 1.75 bits per heavy atom. The van der Waals surface area contributed by atoms with Crippen LogP contribution in [0.2, 0.25) is 0 Å². The topological polar surface area (TPSA) is 24.1 Å². The summed E-state index contributed by atoms with van der Waals surface area (Å²) in [6, 6.07) is 1.48. The second-order valence-electron chi connectivity index (χ2n) is 10.8. The van der Waals surface area contributed by atoms with Crippen LogP contribution in [-0.2, 0) is 0 Å². The Morgan fingerprint density at radius 3 is 2.43 bits per heavy atom. The molecule has 0 aromatic carbocycles. The van der Waals surface area contributed by atoms with Gasteiger partial charge in [-0.3, -0.25) is 0 Å². The van der Waals surface area contributed by atoms with Gasteiger partial charge in [0.25, 0.3) is 0 Å². The number of hydrogen-bond acceptors (Lipinski definition) is 2. The average Bonchev–Trinajstić information content (AvgIpc) is 3.02. The molecule has 3 heteroatoms. The predicted octanol–water partition coefficient (Wildman–Crippen LogP) is 5.76. The van der Waals surface area contributed by atoms with E-state index < -0.39 is 0 Å². The van der Waals surface area contributed by atoms with Gasteiger partial charge in [-0.25, -0.2) is 4.59 Å². The Balaban J connectivity index is 1.86. The van der Waals surface area contributed by atoms with E-state index in [0.29, 0.717) is 0 Å². The van der Waals surface area contributed by atoms with E-state index in [9.17, 15) is 0 Å². The minimum absolute atomic E-state index is 0.721. The van der Waals surface area contributed by atoms with Crippen LogP contribution in [0.15, 0.2) is 0 Å². The predicted molar refractivity (Wildman–Crippen MR) is 123 cm³/mol. The van der Waals surface area contributed by atoms with E-state index in [4.69, 9.17) is 0 Å². The second kappa shape index (κ2) is 11.9. The van der Waals surface area contributed by atoms with Crippen molar-refractivity contribution in [3.63, 3.8) is 0 Å². The summed E-state index contributed by atoms with van der Waals surface area (Å²) in [7, 11) is 2.43. The third-order valence-corrected chi connectivity index (χ3v) is 7.75. The molecule has 2 rings (SSSR count). The Hall–Kier alpha value is -0.120. The number of hydrogen-bond donors (Lipinski definition) is 2. The summed E-state index contributed by atoms with van der Waals surface area (Å²) in [6.45, 7) is 15.9. The molecule has 2 N–H and O–H groups in total. The normalized spacial score (nSPS) is 34.8. The van der Waals surface area contributed by atoms with Gasteiger partial charge in [-0.05, 0) is 56.3 Å². The van der Waals surface area contributed by atoms with Crippen molar-refractivity contribution in [1.29, 1.82) is 0 Å². The van der Waals surface area contributed by atoms with Crippen LogP contribution in [-0.4, -0.2) is 43.4 Å². The first-order valence-electron chi connectivity index (χ1n) is 12.7. The molecule has 2 saturated heterocycles. The molecule has 3 nitrogen and oxygen atoms in total. The number of piperidine rings is 1. The minimum Gasteiger partial charge on any atom is -0.311 e. The molecule has 0 spiro atoms. The molecule has 0 aromatic heterocycles. The maximum Gasteiger partial charge on any atom is 0.100 e. The lowest BCUT2D eigenvalue weighted by atomic mass is 9.73. The number of quaternary nitrogens is 1. The fraction of sp³-hybridized carbons (Fsp3) is 1.00. The average molecular weight is 395 g/mol. The summed E-state index contributed by atoms with van der Waals surface area (Å²) in [5.74, 6) is 3.26. The Kier molecular flexibility index (Phi) is 10.3. The molecule has 6 atom stereocenters. The first-order valence-corrected chi connectivity index (χ1v) is 12.7. The molecule has 2 aliphatic heterocycles. The van der Waals surface area contributed by atoms with Crippen LogP contribution < -0.4 is 10.7 Å². The summed E-state index contributed by atoms with van der Waals surface area (Å²) in [4.78, 5) is 0. The highest BCUT2D eigenvalue weighted by atomic mass is 15.7. The summed E-state index contributed by atoms with van der Waals surface area (Å²) >= 11 is 0. The Labute approximate surface area is 177 Å². The van der Waals surface area contributed by atoms with Crippen LogP contribution in [0.4, 0.5) is 0 Å². The second-order valence-corrected chi connectivity index (χ2v) is 10.8. The van der Waals surface area contributed by atoms with Crippen molar-refractivity contribution in [1.82, 2.24) is 10.7 Å². The summed E-state index contributed by atoms with van der Waals surface area (Å²) in [6.07, 6.45) is 13.8. The van der Waals surface area contributed by atoms with Gasteiger partial charge in [-0.15, -0.1) is 0 Å². The van der Waals surface area contributed by atoms with Gasteiger partial charge in [0.2, 0.25) is 0 Å². The number of rotatable bonds is 12. The monoisotopic (exact) mass is 394 g/mol. The Bertz CT molecular complexity index is 424. The van der Waals surface area contributed by atoms with E-state index in [-0.39, 0.29) is 0 Å². The van der Waals surface area contributed by atoms with Crippen molar-refractivity contribution >= 4 is 0 Å². The molecule has 2 aliphatic rings. The van der Waals surface area contributed by atoms with Crippen LogP contribution in [0.5, 0.6) is 0 Å². The maximum atomic E-state index is 4.11. The fourth-order valence-corrected chi connectivity index (χ4v) is 5.94. The molecule has 0 radical (unpaired) electrons. The van der Waals surface area contributed by atoms with Crippen LogP contribution >= 0.6 is 0 Å². The summed E-state index contributed by atoms with van der Waals surface area (Å²) in [5, 5.41) is 4.11. The van der Waals surface area contributed by atoms with Crippen molar-refractivity contribution in [3.8, 4) is 0 Å². The fourth-order valence-electron chi connectivity index (χ4n) is 5.94. The zero-order valence-corrected chi connectivity index (χ0v) is 20.1. The lowest BCUT2D eigenvalue weighted by Crippen LogP contribution is -2.52. The highest BCUT2D eigenvalue weighted by Crippen LogP contribution is 2.35. The van der Waals surface area contributed by atoms with E-state index in [2.05, 4.69) is 52.4 Å². The molecule has 2 heterocycles. The standard InChI is InChI=1S/C25H52N3/c1-7-9-10-11-12-16-28(6)19-22(18-26-28)17-24(20(3)4)25-21(5)14-15-23(27-25)13-8-2/h20-27H,7-19H2,1-6H3/q+1. The van der Waals surface area contributed by atoms with E-state index in [1.807, 2.05) is 0 Å². The van der Waals surface area contributed by atoms with Gasteiger partial charge in [0, 0.05) is 18.0 Å². The molecule has 2 fully saturated rings. The van der Waals surface area contributed by atoms with Gasteiger partial charge in [-0.1, -0.05) is 60.3 Å². The molecule has 0 aromatic rings. The lowest BCUT2D eigenvalue weighted by Gasteiger charge is -2.43. The highest BCUT2D eigenvalue weighted by molar-refractivity contribution is 4.91. The van der Waals surface area contributed by atoms with Crippen LogP contribution in [0.25, 0.3) is 0 Å². The van der Waals surface area contributed by atoms with E-state index in [0.717, 1.165) is 40.3 Å². The number of nitrogens with one attached hydrogen (secondary N) is 2. The van der Waals surface area contributed by atoms with Gasteiger partial charge >= 0.3 is 0 Å². The van der Waals surface area contributed by atoms with Crippen molar-refractivity contribution in [2.75, 3.05) is 26.7 Å². The first kappa shape index (κ1) is 24.2. The van der Waals surface area contributed by atoms with Gasteiger partial charge in [0.05, 0.1) is 20.1 Å². The lowest BCUT2D eigenvalue weighted by molar-refractivity contribution is -0.941. The van der Waals surface area contributed by atoms with E-state index in [1.165, 1.54) is 83.8 Å². The molecular formula is C25H52N3+. The quantitative estimate of drug-likeness (QED) is 0.325. The maximum absolute atomic E-state index is 4.11.